The minimum absolute atomic E-state index is 0.0650. The Hall–Kier alpha value is -2.71. The number of hydrogen-bond donors (Lipinski definition) is 1. The molecule has 2 aromatic rings. The summed E-state index contributed by atoms with van der Waals surface area (Å²) < 4.78 is 27.8. The van der Waals surface area contributed by atoms with Crippen molar-refractivity contribution in [2.45, 2.75) is 43.5 Å². The summed E-state index contributed by atoms with van der Waals surface area (Å²) in [6, 6.07) is 16.0. The molecule has 2 aliphatic rings. The van der Waals surface area contributed by atoms with Crippen LogP contribution < -0.4 is 10.2 Å². The topological polar surface area (TPSA) is 86.8 Å². The minimum atomic E-state index is -3.71. The predicted octanol–water partition coefficient (Wildman–Crippen LogP) is 3.09. The molecule has 0 aliphatic carbocycles. The molecule has 1 N–H and O–H groups in total. The van der Waals surface area contributed by atoms with E-state index in [1.54, 1.807) is 29.2 Å². The molecule has 2 heterocycles. The molecule has 0 unspecified atom stereocenters. The average Bonchev–Trinajstić information content (AvgIpc) is 3.25. The monoisotopic (exact) mass is 455 g/mol. The number of nitrogens with one attached hydrogen (secondary N) is 1. The number of rotatable bonds is 6. The van der Waals surface area contributed by atoms with Crippen LogP contribution in [-0.2, 0) is 19.6 Å². The standard InChI is InChI=1S/C24H29N3O4S/c1-18(19-7-3-2-4-8-19)25-24(29)20-9-5-15-26(17-20)32(30,31)22-13-11-21(12-14-22)27-16-6-10-23(27)28/h2-4,7-8,11-14,18,20H,5-6,9-10,15-17H2,1H3,(H,25,29)/t18-,20+/m1/s1. The molecule has 2 aliphatic heterocycles. The molecule has 4 rings (SSSR count). The number of nitrogens with zero attached hydrogens (tertiary/aromatic N) is 2. The number of amides is 2. The highest BCUT2D eigenvalue weighted by Gasteiger charge is 2.34. The molecule has 32 heavy (non-hydrogen) atoms. The van der Waals surface area contributed by atoms with Crippen LogP contribution in [0.5, 0.6) is 0 Å². The first-order valence-electron chi connectivity index (χ1n) is 11.1. The minimum Gasteiger partial charge on any atom is -0.349 e. The van der Waals surface area contributed by atoms with Crippen molar-refractivity contribution in [3.63, 3.8) is 0 Å². The maximum atomic E-state index is 13.2. The van der Waals surface area contributed by atoms with E-state index in [1.807, 2.05) is 37.3 Å². The average molecular weight is 456 g/mol. The fourth-order valence-corrected chi connectivity index (χ4v) is 5.92. The lowest BCUT2D eigenvalue weighted by Gasteiger charge is -2.32. The van der Waals surface area contributed by atoms with Crippen molar-refractivity contribution >= 4 is 27.5 Å². The van der Waals surface area contributed by atoms with Crippen molar-refractivity contribution in [2.75, 3.05) is 24.5 Å². The zero-order valence-corrected chi connectivity index (χ0v) is 19.1. The second-order valence-electron chi connectivity index (χ2n) is 8.49. The molecule has 0 bridgehead atoms. The van der Waals surface area contributed by atoms with Gasteiger partial charge in [-0.15, -0.1) is 0 Å². The van der Waals surface area contributed by atoms with Gasteiger partial charge in [0.15, 0.2) is 0 Å². The third kappa shape index (κ3) is 4.71. The Morgan fingerprint density at radius 3 is 2.41 bits per heavy atom. The number of carbonyl (C=O) groups is 2. The maximum absolute atomic E-state index is 13.2. The van der Waals surface area contributed by atoms with Crippen molar-refractivity contribution in [3.8, 4) is 0 Å². The number of sulfonamides is 1. The van der Waals surface area contributed by atoms with E-state index < -0.39 is 10.0 Å². The SMILES string of the molecule is C[C@@H](NC(=O)[C@H]1CCCN(S(=O)(=O)c2ccc(N3CCCC3=O)cc2)C1)c1ccccc1. The molecule has 0 aromatic heterocycles. The zero-order chi connectivity index (χ0) is 22.7. The summed E-state index contributed by atoms with van der Waals surface area (Å²) in [7, 11) is -3.71. The first-order chi connectivity index (χ1) is 15.4. The number of anilines is 1. The molecule has 2 fully saturated rings. The summed E-state index contributed by atoms with van der Waals surface area (Å²) in [6.45, 7) is 3.15. The summed E-state index contributed by atoms with van der Waals surface area (Å²) in [5.74, 6) is -0.439. The number of piperidine rings is 1. The predicted molar refractivity (Wildman–Crippen MR) is 123 cm³/mol. The first kappa shape index (κ1) is 22.5. The molecule has 2 atom stereocenters. The normalized spacial score (nSPS) is 20.8. The van der Waals surface area contributed by atoms with Crippen LogP contribution in [0.2, 0.25) is 0 Å². The molecule has 2 saturated heterocycles. The van der Waals surface area contributed by atoms with Crippen molar-refractivity contribution in [2.24, 2.45) is 5.92 Å². The van der Waals surface area contributed by atoms with Gasteiger partial charge in [-0.1, -0.05) is 30.3 Å². The van der Waals surface area contributed by atoms with Crippen LogP contribution in [0, 0.1) is 5.92 Å². The molecular weight excluding hydrogens is 426 g/mol. The molecular formula is C24H29N3O4S. The third-order valence-electron chi connectivity index (χ3n) is 6.27. The van der Waals surface area contributed by atoms with Crippen LogP contribution in [0.1, 0.15) is 44.2 Å². The molecule has 2 amide bonds. The van der Waals surface area contributed by atoms with E-state index in [-0.39, 0.29) is 35.2 Å². The second-order valence-corrected chi connectivity index (χ2v) is 10.4. The Bertz CT molecular complexity index is 1070. The first-order valence-corrected chi connectivity index (χ1v) is 12.6. The van der Waals surface area contributed by atoms with E-state index in [0.29, 0.717) is 32.4 Å². The highest BCUT2D eigenvalue weighted by molar-refractivity contribution is 7.89. The van der Waals surface area contributed by atoms with E-state index in [4.69, 9.17) is 0 Å². The van der Waals surface area contributed by atoms with Gasteiger partial charge in [-0.05, 0) is 56.0 Å². The quantitative estimate of drug-likeness (QED) is 0.725. The van der Waals surface area contributed by atoms with Crippen LogP contribution in [0.15, 0.2) is 59.5 Å². The fraction of sp³-hybridized carbons (Fsp3) is 0.417. The third-order valence-corrected chi connectivity index (χ3v) is 8.15. The Morgan fingerprint density at radius 2 is 1.75 bits per heavy atom. The van der Waals surface area contributed by atoms with Gasteiger partial charge in [-0.25, -0.2) is 8.42 Å². The lowest BCUT2D eigenvalue weighted by Crippen LogP contribution is -2.45. The van der Waals surface area contributed by atoms with Gasteiger partial charge in [0, 0.05) is 31.7 Å². The van der Waals surface area contributed by atoms with Gasteiger partial charge in [0.1, 0.15) is 0 Å². The highest BCUT2D eigenvalue weighted by Crippen LogP contribution is 2.27. The molecule has 0 radical (unpaired) electrons. The Balaban J connectivity index is 1.42. The van der Waals surface area contributed by atoms with Gasteiger partial charge in [-0.2, -0.15) is 4.31 Å². The summed E-state index contributed by atoms with van der Waals surface area (Å²) in [5.41, 5.74) is 1.73. The van der Waals surface area contributed by atoms with E-state index >= 15 is 0 Å². The van der Waals surface area contributed by atoms with Gasteiger partial charge in [0.05, 0.1) is 16.9 Å². The maximum Gasteiger partial charge on any atom is 0.243 e. The van der Waals surface area contributed by atoms with Crippen molar-refractivity contribution in [1.82, 2.24) is 9.62 Å². The molecule has 7 nitrogen and oxygen atoms in total. The Labute approximate surface area is 189 Å². The van der Waals surface area contributed by atoms with Crippen molar-refractivity contribution < 1.29 is 18.0 Å². The fourth-order valence-electron chi connectivity index (χ4n) is 4.40. The van der Waals surface area contributed by atoms with E-state index in [9.17, 15) is 18.0 Å². The van der Waals surface area contributed by atoms with Gasteiger partial charge >= 0.3 is 0 Å². The number of hydrogen-bond acceptors (Lipinski definition) is 4. The van der Waals surface area contributed by atoms with Crippen molar-refractivity contribution in [1.29, 1.82) is 0 Å². The smallest absolute Gasteiger partial charge is 0.243 e. The number of carbonyl (C=O) groups excluding carboxylic acids is 2. The van der Waals surface area contributed by atoms with Gasteiger partial charge in [0.25, 0.3) is 0 Å². The van der Waals surface area contributed by atoms with E-state index in [2.05, 4.69) is 5.32 Å². The highest BCUT2D eigenvalue weighted by atomic mass is 32.2. The zero-order valence-electron chi connectivity index (χ0n) is 18.2. The van der Waals surface area contributed by atoms with E-state index in [1.165, 1.54) is 4.31 Å². The summed E-state index contributed by atoms with van der Waals surface area (Å²) in [5, 5.41) is 3.02. The van der Waals surface area contributed by atoms with Crippen LogP contribution in [0.25, 0.3) is 0 Å². The molecule has 170 valence electrons. The second kappa shape index (κ2) is 9.42. The van der Waals surface area contributed by atoms with Gasteiger partial charge < -0.3 is 10.2 Å². The number of benzene rings is 2. The molecule has 8 heteroatoms. The lowest BCUT2D eigenvalue weighted by molar-refractivity contribution is -0.126. The lowest BCUT2D eigenvalue weighted by atomic mass is 9.98. The van der Waals surface area contributed by atoms with Crippen LogP contribution in [0.3, 0.4) is 0 Å². The molecule has 2 aromatic carbocycles. The van der Waals surface area contributed by atoms with E-state index in [0.717, 1.165) is 17.7 Å². The van der Waals surface area contributed by atoms with Crippen LogP contribution in [0.4, 0.5) is 5.69 Å². The van der Waals surface area contributed by atoms with Gasteiger partial charge in [0.2, 0.25) is 21.8 Å². The largest absolute Gasteiger partial charge is 0.349 e. The molecule has 0 spiro atoms. The summed E-state index contributed by atoms with van der Waals surface area (Å²) in [6.07, 6.45) is 2.64. The van der Waals surface area contributed by atoms with Crippen LogP contribution in [-0.4, -0.2) is 44.2 Å². The Morgan fingerprint density at radius 1 is 1.03 bits per heavy atom. The molecule has 0 saturated carbocycles. The van der Waals surface area contributed by atoms with Gasteiger partial charge in [-0.3, -0.25) is 9.59 Å². The summed E-state index contributed by atoms with van der Waals surface area (Å²) in [4.78, 5) is 26.6. The van der Waals surface area contributed by atoms with Crippen LogP contribution >= 0.6 is 0 Å². The summed E-state index contributed by atoms with van der Waals surface area (Å²) >= 11 is 0. The Kier molecular flexibility index (Phi) is 6.62. The van der Waals surface area contributed by atoms with Crippen molar-refractivity contribution in [3.05, 3.63) is 60.2 Å².